The molecular weight excluding hydrogens is 402 g/mol. The van der Waals surface area contributed by atoms with Crippen molar-refractivity contribution in [2.24, 2.45) is 0 Å². The molecule has 0 fully saturated rings. The number of amides is 2. The Morgan fingerprint density at radius 1 is 1.30 bits per heavy atom. The summed E-state index contributed by atoms with van der Waals surface area (Å²) in [5.74, 6) is 0.976. The quantitative estimate of drug-likeness (QED) is 0.675. The van der Waals surface area contributed by atoms with Crippen molar-refractivity contribution in [1.82, 2.24) is 4.98 Å². The van der Waals surface area contributed by atoms with Gasteiger partial charge in [0.25, 0.3) is 11.8 Å². The fourth-order valence-corrected chi connectivity index (χ4v) is 3.81. The van der Waals surface area contributed by atoms with E-state index in [-0.39, 0.29) is 25.0 Å². The predicted octanol–water partition coefficient (Wildman–Crippen LogP) is 3.80. The molecule has 8 heteroatoms. The van der Waals surface area contributed by atoms with Gasteiger partial charge in [-0.25, -0.2) is 4.98 Å². The van der Waals surface area contributed by atoms with Gasteiger partial charge >= 0.3 is 0 Å². The maximum absolute atomic E-state index is 12.3. The number of ether oxygens (including phenoxy) is 2. The van der Waals surface area contributed by atoms with Crippen LogP contribution in [0.4, 0.5) is 10.8 Å². The van der Waals surface area contributed by atoms with Gasteiger partial charge in [-0.05, 0) is 49.2 Å². The van der Waals surface area contributed by atoms with Gasteiger partial charge in [-0.1, -0.05) is 12.1 Å². The Balaban J connectivity index is 1.42. The SMILES string of the molecule is Cc1cccc(OCC(=O)Nc2nc(-c3ccc4c(c3)N(C)C(=O)CO4)cs2)c1C. The number of hydrogen-bond acceptors (Lipinski definition) is 6. The minimum atomic E-state index is -0.277. The van der Waals surface area contributed by atoms with Crippen LogP contribution < -0.4 is 19.7 Å². The van der Waals surface area contributed by atoms with Gasteiger partial charge in [0.2, 0.25) is 0 Å². The second kappa shape index (κ2) is 8.16. The summed E-state index contributed by atoms with van der Waals surface area (Å²) >= 11 is 1.33. The summed E-state index contributed by atoms with van der Waals surface area (Å²) in [5, 5.41) is 5.11. The first-order chi connectivity index (χ1) is 14.4. The van der Waals surface area contributed by atoms with Crippen molar-refractivity contribution in [2.75, 3.05) is 30.5 Å². The molecule has 0 unspecified atom stereocenters. The second-order valence-electron chi connectivity index (χ2n) is 7.00. The lowest BCUT2D eigenvalue weighted by Gasteiger charge is -2.26. The Morgan fingerprint density at radius 2 is 2.13 bits per heavy atom. The maximum Gasteiger partial charge on any atom is 0.264 e. The summed E-state index contributed by atoms with van der Waals surface area (Å²) in [6.07, 6.45) is 0. The molecular formula is C22H21N3O4S. The molecule has 1 aromatic heterocycles. The first-order valence-corrected chi connectivity index (χ1v) is 10.3. The van der Waals surface area contributed by atoms with Crippen LogP contribution in [0.25, 0.3) is 11.3 Å². The van der Waals surface area contributed by atoms with Crippen LogP contribution in [0.3, 0.4) is 0 Å². The van der Waals surface area contributed by atoms with Gasteiger partial charge in [0.15, 0.2) is 18.3 Å². The fraction of sp³-hybridized carbons (Fsp3) is 0.227. The van der Waals surface area contributed by atoms with Crippen LogP contribution >= 0.6 is 11.3 Å². The topological polar surface area (TPSA) is 80.8 Å². The Morgan fingerprint density at radius 3 is 2.97 bits per heavy atom. The molecule has 0 spiro atoms. The van der Waals surface area contributed by atoms with Gasteiger partial charge in [-0.15, -0.1) is 11.3 Å². The number of anilines is 2. The number of likely N-dealkylation sites (N-methyl/N-ethyl adjacent to an activating group) is 1. The van der Waals surface area contributed by atoms with Gasteiger partial charge in [-0.3, -0.25) is 14.9 Å². The number of aryl methyl sites for hydroxylation is 1. The number of fused-ring (bicyclic) bond motifs is 1. The molecule has 154 valence electrons. The summed E-state index contributed by atoms with van der Waals surface area (Å²) in [6, 6.07) is 11.3. The highest BCUT2D eigenvalue weighted by Crippen LogP contribution is 2.36. The molecule has 0 saturated carbocycles. The molecule has 2 amide bonds. The normalized spacial score (nSPS) is 12.9. The standard InChI is InChI=1S/C22H21N3O4S/c1-13-5-4-6-18(14(13)2)28-10-20(26)24-22-23-16(12-30-22)15-7-8-19-17(9-15)25(3)21(27)11-29-19/h4-9,12H,10-11H2,1-3H3,(H,23,24,26). The first kappa shape index (κ1) is 19.9. The highest BCUT2D eigenvalue weighted by atomic mass is 32.1. The van der Waals surface area contributed by atoms with Crippen molar-refractivity contribution >= 4 is 34.0 Å². The molecule has 7 nitrogen and oxygen atoms in total. The maximum atomic E-state index is 12.3. The number of thiazole rings is 1. The number of aromatic nitrogens is 1. The zero-order valence-corrected chi connectivity index (χ0v) is 17.7. The molecule has 1 aliphatic heterocycles. The van der Waals surface area contributed by atoms with E-state index in [4.69, 9.17) is 9.47 Å². The molecule has 0 aliphatic carbocycles. The zero-order chi connectivity index (χ0) is 21.3. The van der Waals surface area contributed by atoms with Crippen LogP contribution in [0.1, 0.15) is 11.1 Å². The third-order valence-electron chi connectivity index (χ3n) is 5.01. The molecule has 30 heavy (non-hydrogen) atoms. The third kappa shape index (κ3) is 3.99. The number of carbonyl (C=O) groups is 2. The summed E-state index contributed by atoms with van der Waals surface area (Å²) in [7, 11) is 1.72. The predicted molar refractivity (Wildman–Crippen MR) is 116 cm³/mol. The number of nitrogens with one attached hydrogen (secondary N) is 1. The number of hydrogen-bond donors (Lipinski definition) is 1. The molecule has 0 saturated heterocycles. The van der Waals surface area contributed by atoms with Crippen molar-refractivity contribution < 1.29 is 19.1 Å². The molecule has 4 rings (SSSR count). The van der Waals surface area contributed by atoms with Crippen molar-refractivity contribution in [2.45, 2.75) is 13.8 Å². The van der Waals surface area contributed by atoms with E-state index in [1.165, 1.54) is 11.3 Å². The van der Waals surface area contributed by atoms with Crippen LogP contribution in [-0.4, -0.2) is 37.1 Å². The molecule has 1 N–H and O–H groups in total. The highest BCUT2D eigenvalue weighted by molar-refractivity contribution is 7.14. The van der Waals surface area contributed by atoms with Crippen LogP contribution in [0.5, 0.6) is 11.5 Å². The number of nitrogens with zero attached hydrogens (tertiary/aromatic N) is 2. The summed E-state index contributed by atoms with van der Waals surface area (Å²) in [5.41, 5.74) is 4.37. The van der Waals surface area contributed by atoms with E-state index in [2.05, 4.69) is 10.3 Å². The molecule has 2 heterocycles. The van der Waals surface area contributed by atoms with Crippen LogP contribution in [0.15, 0.2) is 41.8 Å². The summed E-state index contributed by atoms with van der Waals surface area (Å²) in [6.45, 7) is 3.91. The monoisotopic (exact) mass is 423 g/mol. The molecule has 0 bridgehead atoms. The summed E-state index contributed by atoms with van der Waals surface area (Å²) in [4.78, 5) is 30.2. The van der Waals surface area contributed by atoms with Crippen molar-refractivity contribution in [3.63, 3.8) is 0 Å². The number of benzene rings is 2. The molecule has 0 radical (unpaired) electrons. The minimum absolute atomic E-state index is 0.0415. The lowest BCUT2D eigenvalue weighted by molar-refractivity contribution is -0.121. The average Bonchev–Trinajstić information content (AvgIpc) is 3.20. The first-order valence-electron chi connectivity index (χ1n) is 9.40. The molecule has 2 aromatic carbocycles. The van der Waals surface area contributed by atoms with Gasteiger partial charge in [0, 0.05) is 18.0 Å². The van der Waals surface area contributed by atoms with Crippen molar-refractivity contribution in [1.29, 1.82) is 0 Å². The van der Waals surface area contributed by atoms with E-state index >= 15 is 0 Å². The summed E-state index contributed by atoms with van der Waals surface area (Å²) < 4.78 is 11.1. The molecule has 3 aromatic rings. The van der Waals surface area contributed by atoms with E-state index in [1.807, 2.05) is 55.6 Å². The van der Waals surface area contributed by atoms with Gasteiger partial charge in [0.05, 0.1) is 11.4 Å². The molecule has 1 aliphatic rings. The fourth-order valence-electron chi connectivity index (χ4n) is 3.07. The number of carbonyl (C=O) groups excluding carboxylic acids is 2. The Labute approximate surface area is 178 Å². The van der Waals surface area contributed by atoms with Crippen molar-refractivity contribution in [3.05, 3.63) is 52.9 Å². The van der Waals surface area contributed by atoms with Crippen molar-refractivity contribution in [3.8, 4) is 22.8 Å². The second-order valence-corrected chi connectivity index (χ2v) is 7.85. The van der Waals surface area contributed by atoms with Crippen LogP contribution in [-0.2, 0) is 9.59 Å². The zero-order valence-electron chi connectivity index (χ0n) is 16.9. The third-order valence-corrected chi connectivity index (χ3v) is 5.76. The average molecular weight is 423 g/mol. The molecule has 0 atom stereocenters. The lowest BCUT2D eigenvalue weighted by Crippen LogP contribution is -2.35. The van der Waals surface area contributed by atoms with Gasteiger partial charge in [0.1, 0.15) is 11.5 Å². The largest absolute Gasteiger partial charge is 0.483 e. The van der Waals surface area contributed by atoms with E-state index in [9.17, 15) is 9.59 Å². The van der Waals surface area contributed by atoms with Gasteiger partial charge in [-0.2, -0.15) is 0 Å². The van der Waals surface area contributed by atoms with E-state index in [0.717, 1.165) is 16.7 Å². The Kier molecular flexibility index (Phi) is 5.41. The van der Waals surface area contributed by atoms with E-state index in [0.29, 0.717) is 28.0 Å². The smallest absolute Gasteiger partial charge is 0.264 e. The van der Waals surface area contributed by atoms with Crippen LogP contribution in [0, 0.1) is 13.8 Å². The Bertz CT molecular complexity index is 1130. The Hall–Kier alpha value is -3.39. The minimum Gasteiger partial charge on any atom is -0.483 e. The van der Waals surface area contributed by atoms with Gasteiger partial charge < -0.3 is 14.4 Å². The highest BCUT2D eigenvalue weighted by Gasteiger charge is 2.23. The number of rotatable bonds is 5. The van der Waals surface area contributed by atoms with E-state index in [1.54, 1.807) is 11.9 Å². The lowest BCUT2D eigenvalue weighted by atomic mass is 10.1. The van der Waals surface area contributed by atoms with Crippen LogP contribution in [0.2, 0.25) is 0 Å². The van der Waals surface area contributed by atoms with E-state index < -0.39 is 0 Å².